The third-order valence-corrected chi connectivity index (χ3v) is 4.14. The molecule has 1 aliphatic rings. The third-order valence-electron chi connectivity index (χ3n) is 2.76. The number of hydrogen-bond acceptors (Lipinski definition) is 6. The molecule has 0 radical (unpaired) electrons. The Morgan fingerprint density at radius 1 is 1.33 bits per heavy atom. The minimum absolute atomic E-state index is 0.0734. The molecule has 1 aromatic heterocycles. The average Bonchev–Trinajstić information content (AvgIpc) is 2.41. The number of nitrogens with two attached hydrogens (primary N) is 1. The van der Waals surface area contributed by atoms with Gasteiger partial charge >= 0.3 is 0 Å². The fourth-order valence-electron chi connectivity index (χ4n) is 1.72. The smallest absolute Gasteiger partial charge is 0.271 e. The number of rotatable bonds is 3. The van der Waals surface area contributed by atoms with Crippen LogP contribution in [-0.2, 0) is 10.8 Å². The first-order chi connectivity index (χ1) is 8.69. The zero-order valence-corrected chi connectivity index (χ0v) is 10.6. The number of anilines is 1. The lowest BCUT2D eigenvalue weighted by Gasteiger charge is -2.22. The summed E-state index contributed by atoms with van der Waals surface area (Å²) in [6.45, 7) is 0. The number of nitrogens with one attached hydrogen (secondary N) is 2. The molecule has 0 saturated carbocycles. The van der Waals surface area contributed by atoms with Crippen molar-refractivity contribution in [2.75, 3.05) is 16.9 Å². The van der Waals surface area contributed by atoms with Crippen LogP contribution in [-0.4, -0.2) is 37.6 Å². The van der Waals surface area contributed by atoms with E-state index >= 15 is 0 Å². The van der Waals surface area contributed by atoms with Crippen molar-refractivity contribution in [3.63, 3.8) is 0 Å². The molecule has 1 saturated heterocycles. The Morgan fingerprint density at radius 3 is 2.61 bits per heavy atom. The largest absolute Gasteiger partial charge is 0.348 e. The van der Waals surface area contributed by atoms with Gasteiger partial charge in [0.15, 0.2) is 5.82 Å². The molecule has 2 rings (SSSR count). The molecule has 1 aromatic rings. The molecular formula is C10H15N5O2S. The van der Waals surface area contributed by atoms with E-state index < -0.39 is 10.8 Å². The molecule has 0 atom stereocenters. The summed E-state index contributed by atoms with van der Waals surface area (Å²) < 4.78 is 11.2. The van der Waals surface area contributed by atoms with Crippen LogP contribution < -0.4 is 16.6 Å². The standard InChI is InChI=1S/C10H15N5O2S/c11-15-9-6-12-8(5-13-9)10(16)14-7-1-3-18(17)4-2-7/h5-7H,1-4,11H2,(H,13,15)(H,14,16). The maximum absolute atomic E-state index is 11.9. The molecule has 0 aromatic carbocycles. The highest BCUT2D eigenvalue weighted by Crippen LogP contribution is 2.10. The van der Waals surface area contributed by atoms with E-state index in [9.17, 15) is 9.00 Å². The molecule has 2 heterocycles. The van der Waals surface area contributed by atoms with Gasteiger partial charge in [-0.25, -0.2) is 15.8 Å². The first kappa shape index (κ1) is 12.9. The Hall–Kier alpha value is -1.54. The first-order valence-electron chi connectivity index (χ1n) is 5.63. The fraction of sp³-hybridized carbons (Fsp3) is 0.500. The van der Waals surface area contributed by atoms with Gasteiger partial charge in [0.25, 0.3) is 5.91 Å². The minimum Gasteiger partial charge on any atom is -0.348 e. The van der Waals surface area contributed by atoms with Crippen molar-refractivity contribution in [2.45, 2.75) is 18.9 Å². The van der Waals surface area contributed by atoms with Crippen LogP contribution in [0.15, 0.2) is 12.4 Å². The molecule has 0 spiro atoms. The summed E-state index contributed by atoms with van der Waals surface area (Å²) in [5.74, 6) is 6.59. The second kappa shape index (κ2) is 5.87. The molecule has 18 heavy (non-hydrogen) atoms. The summed E-state index contributed by atoms with van der Waals surface area (Å²) in [5, 5.41) is 2.87. The SMILES string of the molecule is NNc1cnc(C(=O)NC2CCS(=O)CC2)cn1. The summed E-state index contributed by atoms with van der Waals surface area (Å²) in [6.07, 6.45) is 4.25. The van der Waals surface area contributed by atoms with Gasteiger partial charge in [0.05, 0.1) is 12.4 Å². The Bertz CT molecular complexity index is 440. The zero-order chi connectivity index (χ0) is 13.0. The lowest BCUT2D eigenvalue weighted by Crippen LogP contribution is -2.39. The fourth-order valence-corrected chi connectivity index (χ4v) is 3.02. The van der Waals surface area contributed by atoms with Crippen molar-refractivity contribution in [1.29, 1.82) is 0 Å². The number of nitrogens with zero attached hydrogens (tertiary/aromatic N) is 2. The lowest BCUT2D eigenvalue weighted by molar-refractivity contribution is 0.0929. The highest BCUT2D eigenvalue weighted by atomic mass is 32.2. The Morgan fingerprint density at radius 2 is 2.06 bits per heavy atom. The van der Waals surface area contributed by atoms with Crippen molar-refractivity contribution >= 4 is 22.5 Å². The Labute approximate surface area is 107 Å². The van der Waals surface area contributed by atoms with Gasteiger partial charge in [-0.15, -0.1) is 0 Å². The number of carbonyl (C=O) groups excluding carboxylic acids is 1. The van der Waals surface area contributed by atoms with Crippen LogP contribution in [0.2, 0.25) is 0 Å². The highest BCUT2D eigenvalue weighted by Gasteiger charge is 2.20. The summed E-state index contributed by atoms with van der Waals surface area (Å²) in [5.41, 5.74) is 2.59. The number of nitrogen functional groups attached to an aromatic ring is 1. The van der Waals surface area contributed by atoms with Gasteiger partial charge in [-0.3, -0.25) is 9.00 Å². The van der Waals surface area contributed by atoms with E-state index in [0.717, 1.165) is 12.8 Å². The van der Waals surface area contributed by atoms with E-state index in [1.807, 2.05) is 0 Å². The second-order valence-corrected chi connectivity index (χ2v) is 5.72. The van der Waals surface area contributed by atoms with Crippen molar-refractivity contribution in [1.82, 2.24) is 15.3 Å². The minimum atomic E-state index is -0.726. The van der Waals surface area contributed by atoms with E-state index in [2.05, 4.69) is 20.7 Å². The van der Waals surface area contributed by atoms with Gasteiger partial charge in [-0.2, -0.15) is 0 Å². The van der Waals surface area contributed by atoms with Gasteiger partial charge in [0.1, 0.15) is 5.69 Å². The van der Waals surface area contributed by atoms with Crippen molar-refractivity contribution in [3.8, 4) is 0 Å². The van der Waals surface area contributed by atoms with E-state index in [-0.39, 0.29) is 17.6 Å². The predicted octanol–water partition coefficient (Wildman–Crippen LogP) is -0.597. The molecule has 1 aliphatic heterocycles. The van der Waals surface area contributed by atoms with Crippen LogP contribution in [0.5, 0.6) is 0 Å². The molecule has 4 N–H and O–H groups in total. The molecule has 98 valence electrons. The summed E-state index contributed by atoms with van der Waals surface area (Å²) >= 11 is 0. The van der Waals surface area contributed by atoms with E-state index in [1.54, 1.807) is 0 Å². The van der Waals surface area contributed by atoms with E-state index in [1.165, 1.54) is 12.4 Å². The van der Waals surface area contributed by atoms with Crippen molar-refractivity contribution < 1.29 is 9.00 Å². The van der Waals surface area contributed by atoms with Crippen molar-refractivity contribution in [2.24, 2.45) is 5.84 Å². The van der Waals surface area contributed by atoms with E-state index in [4.69, 9.17) is 5.84 Å². The maximum Gasteiger partial charge on any atom is 0.271 e. The van der Waals surface area contributed by atoms with Crippen LogP contribution in [0.3, 0.4) is 0 Å². The molecule has 0 unspecified atom stereocenters. The van der Waals surface area contributed by atoms with Crippen LogP contribution in [0, 0.1) is 0 Å². The lowest BCUT2D eigenvalue weighted by atomic mass is 10.1. The Balaban J connectivity index is 1.92. The first-order valence-corrected chi connectivity index (χ1v) is 7.12. The van der Waals surface area contributed by atoms with Gasteiger partial charge in [0.2, 0.25) is 0 Å². The number of hydrogen-bond donors (Lipinski definition) is 3. The maximum atomic E-state index is 11.9. The number of aromatic nitrogens is 2. The quantitative estimate of drug-likeness (QED) is 0.499. The molecule has 0 bridgehead atoms. The van der Waals surface area contributed by atoms with Crippen LogP contribution >= 0.6 is 0 Å². The van der Waals surface area contributed by atoms with Crippen LogP contribution in [0.4, 0.5) is 5.82 Å². The summed E-state index contributed by atoms with van der Waals surface area (Å²) in [4.78, 5) is 19.7. The average molecular weight is 269 g/mol. The van der Waals surface area contributed by atoms with Crippen molar-refractivity contribution in [3.05, 3.63) is 18.1 Å². The molecular weight excluding hydrogens is 254 g/mol. The predicted molar refractivity (Wildman–Crippen MR) is 68.2 cm³/mol. The number of carbonyl (C=O) groups is 1. The van der Waals surface area contributed by atoms with Crippen LogP contribution in [0.1, 0.15) is 23.3 Å². The highest BCUT2D eigenvalue weighted by molar-refractivity contribution is 7.85. The third kappa shape index (κ3) is 3.23. The van der Waals surface area contributed by atoms with Gasteiger partial charge in [-0.05, 0) is 12.8 Å². The topological polar surface area (TPSA) is 110 Å². The molecule has 8 heteroatoms. The monoisotopic (exact) mass is 269 g/mol. The van der Waals surface area contributed by atoms with E-state index in [0.29, 0.717) is 17.3 Å². The zero-order valence-electron chi connectivity index (χ0n) is 9.76. The van der Waals surface area contributed by atoms with Crippen LogP contribution in [0.25, 0.3) is 0 Å². The molecule has 1 amide bonds. The van der Waals surface area contributed by atoms with Gasteiger partial charge in [0, 0.05) is 28.3 Å². The Kier molecular flexibility index (Phi) is 4.21. The number of hydrazine groups is 1. The second-order valence-electron chi connectivity index (χ2n) is 4.03. The van der Waals surface area contributed by atoms with Gasteiger partial charge in [-0.1, -0.05) is 0 Å². The normalized spacial score (nSPS) is 23.4. The number of amides is 1. The molecule has 7 nitrogen and oxygen atoms in total. The molecule has 0 aliphatic carbocycles. The summed E-state index contributed by atoms with van der Waals surface area (Å²) in [7, 11) is -0.726. The van der Waals surface area contributed by atoms with Gasteiger partial charge < -0.3 is 10.7 Å². The molecule has 1 fully saturated rings. The summed E-state index contributed by atoms with van der Waals surface area (Å²) in [6, 6.07) is 0.0734.